The smallest absolute Gasteiger partial charge is 0.203 e. The van der Waals surface area contributed by atoms with Gasteiger partial charge >= 0.3 is 0 Å². The summed E-state index contributed by atoms with van der Waals surface area (Å²) in [4.78, 5) is 16.2. The number of rotatable bonds is 5. The van der Waals surface area contributed by atoms with Crippen molar-refractivity contribution in [2.75, 3.05) is 5.32 Å². The van der Waals surface area contributed by atoms with Gasteiger partial charge in [-0.3, -0.25) is 0 Å². The Balaban J connectivity index is 1.59. The third-order valence-electron chi connectivity index (χ3n) is 3.56. The molecule has 118 valence electrons. The molecule has 4 rings (SSSR count). The van der Waals surface area contributed by atoms with Crippen LogP contribution >= 0.6 is 0 Å². The van der Waals surface area contributed by atoms with E-state index in [9.17, 15) is 0 Å². The zero-order chi connectivity index (χ0) is 16.2. The second-order valence-corrected chi connectivity index (χ2v) is 5.22. The third-order valence-corrected chi connectivity index (χ3v) is 3.56. The summed E-state index contributed by atoms with van der Waals surface area (Å²) >= 11 is 0. The van der Waals surface area contributed by atoms with Gasteiger partial charge in [0.25, 0.3) is 0 Å². The van der Waals surface area contributed by atoms with E-state index in [0.29, 0.717) is 18.1 Å². The van der Waals surface area contributed by atoms with Gasteiger partial charge in [-0.1, -0.05) is 36.4 Å². The van der Waals surface area contributed by atoms with Crippen LogP contribution in [0.3, 0.4) is 0 Å². The molecule has 6 nitrogen and oxygen atoms in total. The molecule has 2 N–H and O–H groups in total. The van der Waals surface area contributed by atoms with E-state index >= 15 is 0 Å². The highest BCUT2D eigenvalue weighted by atomic mass is 16.3. The number of anilines is 1. The number of furan rings is 1. The van der Waals surface area contributed by atoms with Crippen LogP contribution in [-0.4, -0.2) is 19.9 Å². The van der Waals surface area contributed by atoms with E-state index in [4.69, 9.17) is 4.42 Å². The highest BCUT2D eigenvalue weighted by Gasteiger charge is 2.08. The van der Waals surface area contributed by atoms with Crippen molar-refractivity contribution in [3.63, 3.8) is 0 Å². The normalized spacial score (nSPS) is 11.3. The van der Waals surface area contributed by atoms with Crippen molar-refractivity contribution in [2.45, 2.75) is 6.54 Å². The molecule has 0 bridgehead atoms. The van der Waals surface area contributed by atoms with E-state index in [1.807, 2.05) is 54.6 Å². The number of aromatic nitrogens is 4. The average molecular weight is 317 g/mol. The minimum Gasteiger partial charge on any atom is -0.467 e. The molecule has 0 spiro atoms. The topological polar surface area (TPSA) is 79.6 Å². The van der Waals surface area contributed by atoms with Crippen molar-refractivity contribution in [3.05, 3.63) is 72.1 Å². The molecular formula is C18H15N5O. The molecule has 0 unspecified atom stereocenters. The Hall–Kier alpha value is -3.41. The Morgan fingerprint density at radius 3 is 2.79 bits per heavy atom. The third kappa shape index (κ3) is 3.03. The molecule has 0 atom stereocenters. The predicted molar refractivity (Wildman–Crippen MR) is 93.1 cm³/mol. The van der Waals surface area contributed by atoms with Crippen LogP contribution in [0.2, 0.25) is 0 Å². The largest absolute Gasteiger partial charge is 0.467 e. The van der Waals surface area contributed by atoms with Gasteiger partial charge in [-0.25, -0.2) is 9.97 Å². The fraction of sp³-hybridized carbons (Fsp3) is 0.0556. The molecule has 3 heterocycles. The Bertz CT molecular complexity index is 958. The first-order valence-electron chi connectivity index (χ1n) is 7.58. The molecule has 0 radical (unpaired) electrons. The first-order valence-corrected chi connectivity index (χ1v) is 7.58. The Morgan fingerprint density at radius 1 is 1.04 bits per heavy atom. The Morgan fingerprint density at radius 2 is 1.96 bits per heavy atom. The number of imidazole rings is 1. The summed E-state index contributed by atoms with van der Waals surface area (Å²) in [6.07, 6.45) is 7.13. The lowest BCUT2D eigenvalue weighted by atomic mass is 10.2. The van der Waals surface area contributed by atoms with Crippen LogP contribution in [-0.2, 0) is 6.54 Å². The molecule has 0 amide bonds. The van der Waals surface area contributed by atoms with Crippen molar-refractivity contribution in [1.29, 1.82) is 0 Å². The lowest BCUT2D eigenvalue weighted by Gasteiger charge is -1.98. The molecule has 0 aliphatic carbocycles. The molecule has 0 saturated heterocycles. The second-order valence-electron chi connectivity index (χ2n) is 5.22. The van der Waals surface area contributed by atoms with Crippen LogP contribution in [0, 0.1) is 0 Å². The van der Waals surface area contributed by atoms with E-state index in [-0.39, 0.29) is 0 Å². The monoisotopic (exact) mass is 317 g/mol. The number of aromatic amines is 1. The summed E-state index contributed by atoms with van der Waals surface area (Å²) < 4.78 is 5.30. The number of hydrogen-bond acceptors (Lipinski definition) is 5. The fourth-order valence-corrected chi connectivity index (χ4v) is 2.38. The summed E-state index contributed by atoms with van der Waals surface area (Å²) in [7, 11) is 0. The van der Waals surface area contributed by atoms with Gasteiger partial charge in [0.15, 0.2) is 5.65 Å². The van der Waals surface area contributed by atoms with Crippen LogP contribution < -0.4 is 5.32 Å². The molecule has 6 heteroatoms. The van der Waals surface area contributed by atoms with E-state index in [1.165, 1.54) is 6.33 Å². The van der Waals surface area contributed by atoms with Gasteiger partial charge in [-0.15, -0.1) is 0 Å². The average Bonchev–Trinajstić information content (AvgIpc) is 3.28. The van der Waals surface area contributed by atoms with E-state index in [1.54, 1.807) is 6.26 Å². The molecule has 0 aliphatic heterocycles. The number of hydrogen-bond donors (Lipinski definition) is 2. The van der Waals surface area contributed by atoms with Gasteiger partial charge in [0.05, 0.1) is 18.5 Å². The number of nitrogens with one attached hydrogen (secondary N) is 2. The van der Waals surface area contributed by atoms with E-state index < -0.39 is 0 Å². The maximum atomic E-state index is 5.30. The quantitative estimate of drug-likeness (QED) is 0.586. The standard InChI is InChI=1S/C18H15N5O/c1-2-5-13(6-3-1)8-9-15-16-17(21-12-20-15)23-18(22-16)19-11-14-7-4-10-24-14/h1-10,12H,11H2,(H2,19,20,21,22,23)/b9-8+. The zero-order valence-electron chi connectivity index (χ0n) is 12.8. The minimum absolute atomic E-state index is 0.551. The number of nitrogens with zero attached hydrogens (tertiary/aromatic N) is 3. The SMILES string of the molecule is C(=C\c1ncnc2nc(NCc3ccco3)[nH]c12)/c1ccccc1. The fourth-order valence-electron chi connectivity index (χ4n) is 2.38. The van der Waals surface area contributed by atoms with Crippen LogP contribution in [0.25, 0.3) is 23.3 Å². The van der Waals surface area contributed by atoms with Gasteiger partial charge in [0, 0.05) is 0 Å². The molecule has 0 saturated carbocycles. The molecule has 0 aliphatic rings. The number of fused-ring (bicyclic) bond motifs is 1. The van der Waals surface area contributed by atoms with Crippen molar-refractivity contribution in [3.8, 4) is 0 Å². The lowest BCUT2D eigenvalue weighted by Crippen LogP contribution is -1.99. The van der Waals surface area contributed by atoms with Gasteiger partial charge in [-0.05, 0) is 23.8 Å². The summed E-state index contributed by atoms with van der Waals surface area (Å²) in [5.74, 6) is 1.47. The second kappa shape index (κ2) is 6.37. The summed E-state index contributed by atoms with van der Waals surface area (Å²) in [6, 6.07) is 13.8. The van der Waals surface area contributed by atoms with Gasteiger partial charge in [0.2, 0.25) is 5.95 Å². The number of benzene rings is 1. The highest BCUT2D eigenvalue weighted by Crippen LogP contribution is 2.17. The number of H-pyrrole nitrogens is 1. The van der Waals surface area contributed by atoms with Gasteiger partial charge in [-0.2, -0.15) is 4.98 Å². The molecule has 0 fully saturated rings. The predicted octanol–water partition coefficient (Wildman–Crippen LogP) is 3.73. The molecule has 1 aromatic carbocycles. The molecule has 24 heavy (non-hydrogen) atoms. The van der Waals surface area contributed by atoms with Gasteiger partial charge < -0.3 is 14.7 Å². The molecular weight excluding hydrogens is 302 g/mol. The van der Waals surface area contributed by atoms with Crippen LogP contribution in [0.5, 0.6) is 0 Å². The summed E-state index contributed by atoms with van der Waals surface area (Å²) in [6.45, 7) is 0.551. The van der Waals surface area contributed by atoms with Gasteiger partial charge in [0.1, 0.15) is 17.6 Å². The van der Waals surface area contributed by atoms with Crippen LogP contribution in [0.1, 0.15) is 17.0 Å². The first kappa shape index (κ1) is 14.2. The van der Waals surface area contributed by atoms with Crippen molar-refractivity contribution < 1.29 is 4.42 Å². The van der Waals surface area contributed by atoms with Crippen molar-refractivity contribution in [2.24, 2.45) is 0 Å². The maximum absolute atomic E-state index is 5.30. The zero-order valence-corrected chi connectivity index (χ0v) is 12.8. The summed E-state index contributed by atoms with van der Waals surface area (Å²) in [5.41, 5.74) is 3.33. The summed E-state index contributed by atoms with van der Waals surface area (Å²) in [5, 5.41) is 3.19. The van der Waals surface area contributed by atoms with E-state index in [0.717, 1.165) is 22.5 Å². The molecule has 3 aromatic heterocycles. The van der Waals surface area contributed by atoms with Crippen LogP contribution in [0.4, 0.5) is 5.95 Å². The molecule has 4 aromatic rings. The van der Waals surface area contributed by atoms with Crippen molar-refractivity contribution in [1.82, 2.24) is 19.9 Å². The van der Waals surface area contributed by atoms with Crippen molar-refractivity contribution >= 4 is 29.3 Å². The first-order chi connectivity index (χ1) is 11.9. The maximum Gasteiger partial charge on any atom is 0.203 e. The Kier molecular flexibility index (Phi) is 3.77. The minimum atomic E-state index is 0.551. The highest BCUT2D eigenvalue weighted by molar-refractivity contribution is 5.85. The lowest BCUT2D eigenvalue weighted by molar-refractivity contribution is 0.517. The van der Waals surface area contributed by atoms with Crippen LogP contribution in [0.15, 0.2) is 59.5 Å². The Labute approximate surface area is 138 Å². The van der Waals surface area contributed by atoms with E-state index in [2.05, 4.69) is 25.3 Å².